The second-order valence-corrected chi connectivity index (χ2v) is 5.24. The normalized spacial score (nSPS) is 14.1. The van der Waals surface area contributed by atoms with E-state index in [2.05, 4.69) is 57.1 Å². The van der Waals surface area contributed by atoms with E-state index in [-0.39, 0.29) is 0 Å². The van der Waals surface area contributed by atoms with Crippen LogP contribution in [0.25, 0.3) is 0 Å². The van der Waals surface area contributed by atoms with Crippen molar-refractivity contribution in [3.8, 4) is 0 Å². The zero-order chi connectivity index (χ0) is 12.7. The van der Waals surface area contributed by atoms with E-state index in [0.717, 1.165) is 24.0 Å². The Bertz CT molecular complexity index is 589. The van der Waals surface area contributed by atoms with Gasteiger partial charge < -0.3 is 4.90 Å². The molecular formula is C14H16BrN3. The predicted octanol–water partition coefficient (Wildman–Crippen LogP) is 3.32. The highest BCUT2D eigenvalue weighted by Crippen LogP contribution is 2.37. The monoisotopic (exact) mass is 305 g/mol. The van der Waals surface area contributed by atoms with Crippen molar-refractivity contribution >= 4 is 27.4 Å². The third-order valence-corrected chi connectivity index (χ3v) is 4.15. The summed E-state index contributed by atoms with van der Waals surface area (Å²) in [6.45, 7) is 3.11. The minimum Gasteiger partial charge on any atom is -0.326 e. The summed E-state index contributed by atoms with van der Waals surface area (Å²) in [6, 6.07) is 8.63. The third kappa shape index (κ3) is 1.67. The summed E-state index contributed by atoms with van der Waals surface area (Å²) in [5.41, 5.74) is 5.14. The van der Waals surface area contributed by atoms with Crippen molar-refractivity contribution in [2.45, 2.75) is 18.7 Å². The smallest absolute Gasteiger partial charge is 0.135 e. The molecule has 0 unspecified atom stereocenters. The van der Waals surface area contributed by atoms with Crippen LogP contribution >= 0.6 is 15.9 Å². The molecule has 94 valence electrons. The van der Waals surface area contributed by atoms with Crippen molar-refractivity contribution in [1.29, 1.82) is 0 Å². The number of aryl methyl sites for hydroxylation is 2. The van der Waals surface area contributed by atoms with E-state index in [0.29, 0.717) is 0 Å². The molecule has 0 fully saturated rings. The van der Waals surface area contributed by atoms with Gasteiger partial charge in [0.2, 0.25) is 0 Å². The van der Waals surface area contributed by atoms with Crippen molar-refractivity contribution in [3.63, 3.8) is 0 Å². The summed E-state index contributed by atoms with van der Waals surface area (Å²) < 4.78 is 1.99. The van der Waals surface area contributed by atoms with Crippen LogP contribution in [-0.4, -0.2) is 16.3 Å². The fourth-order valence-corrected chi connectivity index (χ4v) is 3.40. The summed E-state index contributed by atoms with van der Waals surface area (Å²) in [5, 5.41) is 5.39. The van der Waals surface area contributed by atoms with Crippen LogP contribution in [-0.2, 0) is 18.8 Å². The molecule has 1 aliphatic rings. The lowest BCUT2D eigenvalue weighted by Crippen LogP contribution is -2.18. The minimum absolute atomic E-state index is 0.848. The van der Waals surface area contributed by atoms with E-state index in [9.17, 15) is 0 Å². The van der Waals surface area contributed by atoms with Gasteiger partial charge in [0.15, 0.2) is 0 Å². The van der Waals surface area contributed by atoms with E-state index in [1.165, 1.54) is 22.6 Å². The number of para-hydroxylation sites is 1. The molecule has 0 amide bonds. The van der Waals surface area contributed by atoms with Crippen LogP contribution in [0.4, 0.5) is 11.5 Å². The fraction of sp³-hybridized carbons (Fsp3) is 0.357. The Morgan fingerprint density at radius 2 is 2.11 bits per heavy atom. The van der Waals surface area contributed by atoms with E-state index >= 15 is 0 Å². The van der Waals surface area contributed by atoms with Gasteiger partial charge in [0.05, 0.1) is 5.69 Å². The van der Waals surface area contributed by atoms with E-state index < -0.39 is 0 Å². The average molecular weight is 306 g/mol. The first-order valence-corrected chi connectivity index (χ1v) is 7.28. The molecule has 2 aromatic rings. The lowest BCUT2D eigenvalue weighted by Gasteiger charge is -2.20. The van der Waals surface area contributed by atoms with Crippen molar-refractivity contribution in [2.24, 2.45) is 7.05 Å². The standard InChI is InChI=1S/C14H16BrN3/c1-10-12(9-15)14(17(2)16-10)18-8-7-11-5-3-4-6-13(11)18/h3-6H,7-9H2,1-2H3. The summed E-state index contributed by atoms with van der Waals surface area (Å²) >= 11 is 3.58. The molecule has 0 N–H and O–H groups in total. The molecule has 0 atom stereocenters. The van der Waals surface area contributed by atoms with Gasteiger partial charge >= 0.3 is 0 Å². The first kappa shape index (κ1) is 11.8. The van der Waals surface area contributed by atoms with Gasteiger partial charge in [-0.1, -0.05) is 34.1 Å². The van der Waals surface area contributed by atoms with Gasteiger partial charge in [-0.3, -0.25) is 4.68 Å². The second kappa shape index (κ2) is 4.43. The number of halogens is 1. The number of hydrogen-bond donors (Lipinski definition) is 0. The van der Waals surface area contributed by atoms with Gasteiger partial charge in [0.1, 0.15) is 5.82 Å². The number of anilines is 2. The molecule has 4 heteroatoms. The Morgan fingerprint density at radius 3 is 2.89 bits per heavy atom. The SMILES string of the molecule is Cc1nn(C)c(N2CCc3ccccc32)c1CBr. The van der Waals surface area contributed by atoms with Crippen molar-refractivity contribution < 1.29 is 0 Å². The van der Waals surface area contributed by atoms with E-state index in [1.54, 1.807) is 0 Å². The lowest BCUT2D eigenvalue weighted by molar-refractivity contribution is 0.743. The molecule has 1 aromatic heterocycles. The highest BCUT2D eigenvalue weighted by Gasteiger charge is 2.25. The molecule has 0 saturated heterocycles. The fourth-order valence-electron chi connectivity index (χ4n) is 2.74. The Kier molecular flexibility index (Phi) is 2.90. The molecule has 0 aliphatic carbocycles. The maximum absolute atomic E-state index is 4.54. The molecule has 0 bridgehead atoms. The van der Waals surface area contributed by atoms with E-state index in [4.69, 9.17) is 0 Å². The number of hydrogen-bond acceptors (Lipinski definition) is 2. The number of rotatable bonds is 2. The van der Waals surface area contributed by atoms with Crippen LogP contribution in [0.3, 0.4) is 0 Å². The van der Waals surface area contributed by atoms with Gasteiger partial charge in [0.25, 0.3) is 0 Å². The average Bonchev–Trinajstić information content (AvgIpc) is 2.89. The molecule has 1 aromatic carbocycles. The summed E-state index contributed by atoms with van der Waals surface area (Å²) in [6.07, 6.45) is 1.11. The van der Waals surface area contributed by atoms with Crippen molar-refractivity contribution in [3.05, 3.63) is 41.1 Å². The number of fused-ring (bicyclic) bond motifs is 1. The largest absolute Gasteiger partial charge is 0.326 e. The number of aromatic nitrogens is 2. The molecular weight excluding hydrogens is 290 g/mol. The highest BCUT2D eigenvalue weighted by molar-refractivity contribution is 9.08. The molecule has 18 heavy (non-hydrogen) atoms. The van der Waals surface area contributed by atoms with Crippen LogP contribution in [0.1, 0.15) is 16.8 Å². The Balaban J connectivity index is 2.13. The minimum atomic E-state index is 0.848. The zero-order valence-corrected chi connectivity index (χ0v) is 12.2. The number of alkyl halides is 1. The third-order valence-electron chi connectivity index (χ3n) is 3.59. The van der Waals surface area contributed by atoms with Gasteiger partial charge in [0, 0.05) is 30.2 Å². The maximum Gasteiger partial charge on any atom is 0.135 e. The molecule has 0 saturated carbocycles. The van der Waals surface area contributed by atoms with Gasteiger partial charge in [-0.15, -0.1) is 0 Å². The van der Waals surface area contributed by atoms with Gasteiger partial charge in [-0.2, -0.15) is 5.10 Å². The van der Waals surface area contributed by atoms with E-state index in [1.807, 2.05) is 11.7 Å². The molecule has 2 heterocycles. The molecule has 0 spiro atoms. The lowest BCUT2D eigenvalue weighted by atomic mass is 10.2. The topological polar surface area (TPSA) is 21.1 Å². The van der Waals surface area contributed by atoms with Crippen molar-refractivity contribution in [1.82, 2.24) is 9.78 Å². The Labute approximate surface area is 116 Å². The Morgan fingerprint density at radius 1 is 1.33 bits per heavy atom. The first-order valence-electron chi connectivity index (χ1n) is 6.16. The summed E-state index contributed by atoms with van der Waals surface area (Å²) in [5.74, 6) is 1.22. The van der Waals surface area contributed by atoms with Crippen LogP contribution in [0.2, 0.25) is 0 Å². The first-order chi connectivity index (χ1) is 8.72. The molecule has 1 aliphatic heterocycles. The zero-order valence-electron chi connectivity index (χ0n) is 10.7. The van der Waals surface area contributed by atoms with Crippen molar-refractivity contribution in [2.75, 3.05) is 11.4 Å². The van der Waals surface area contributed by atoms with Crippen LogP contribution in [0.5, 0.6) is 0 Å². The molecule has 3 rings (SSSR count). The molecule has 3 nitrogen and oxygen atoms in total. The second-order valence-electron chi connectivity index (χ2n) is 4.68. The summed E-state index contributed by atoms with van der Waals surface area (Å²) in [7, 11) is 2.02. The summed E-state index contributed by atoms with van der Waals surface area (Å²) in [4.78, 5) is 2.38. The number of nitrogens with zero attached hydrogens (tertiary/aromatic N) is 3. The maximum atomic E-state index is 4.54. The quantitative estimate of drug-likeness (QED) is 0.794. The molecule has 0 radical (unpaired) electrons. The van der Waals surface area contributed by atoms with Gasteiger partial charge in [-0.05, 0) is 25.0 Å². The van der Waals surface area contributed by atoms with Crippen LogP contribution in [0, 0.1) is 6.92 Å². The van der Waals surface area contributed by atoms with Crippen LogP contribution in [0.15, 0.2) is 24.3 Å². The predicted molar refractivity (Wildman–Crippen MR) is 77.7 cm³/mol. The highest BCUT2D eigenvalue weighted by atomic mass is 79.9. The Hall–Kier alpha value is -1.29. The van der Waals surface area contributed by atoms with Gasteiger partial charge in [-0.25, -0.2) is 0 Å². The number of benzene rings is 1. The van der Waals surface area contributed by atoms with Crippen LogP contribution < -0.4 is 4.90 Å².